The predicted octanol–water partition coefficient (Wildman–Crippen LogP) is 1.87. The third-order valence-electron chi connectivity index (χ3n) is 4.90. The van der Waals surface area contributed by atoms with Gasteiger partial charge in [0.25, 0.3) is 0 Å². The molecule has 1 heterocycles. The summed E-state index contributed by atoms with van der Waals surface area (Å²) in [6, 6.07) is 6.33. The van der Waals surface area contributed by atoms with Crippen LogP contribution in [0.25, 0.3) is 0 Å². The number of rotatable bonds is 1. The molecule has 6 nitrogen and oxygen atoms in total. The van der Waals surface area contributed by atoms with E-state index in [2.05, 4.69) is 0 Å². The topological polar surface area (TPSA) is 104 Å². The molecule has 0 unspecified atom stereocenters. The van der Waals surface area contributed by atoms with Gasteiger partial charge in [-0.15, -0.1) is 0 Å². The van der Waals surface area contributed by atoms with Gasteiger partial charge in [0, 0.05) is 28.7 Å². The summed E-state index contributed by atoms with van der Waals surface area (Å²) in [5.41, 5.74) is 0.681. The first-order valence-electron chi connectivity index (χ1n) is 8.01. The Kier molecular flexibility index (Phi) is 3.42. The number of aliphatic hydroxyl groups is 1. The minimum Gasteiger partial charge on any atom is -0.507 e. The van der Waals surface area contributed by atoms with Crippen LogP contribution >= 0.6 is 0 Å². The molecule has 1 aliphatic heterocycles. The van der Waals surface area contributed by atoms with Crippen LogP contribution in [0.1, 0.15) is 56.0 Å². The molecule has 1 aliphatic carbocycles. The van der Waals surface area contributed by atoms with E-state index in [1.165, 1.54) is 12.1 Å². The highest BCUT2D eigenvalue weighted by molar-refractivity contribution is 6.30. The molecule has 2 aromatic carbocycles. The summed E-state index contributed by atoms with van der Waals surface area (Å²) in [4.78, 5) is 25.7. The molecule has 0 amide bonds. The van der Waals surface area contributed by atoms with E-state index in [-0.39, 0.29) is 46.8 Å². The minimum absolute atomic E-state index is 0.145. The Morgan fingerprint density at radius 1 is 1.04 bits per heavy atom. The Balaban J connectivity index is 2.03. The van der Waals surface area contributed by atoms with E-state index in [0.717, 1.165) is 0 Å². The van der Waals surface area contributed by atoms with Crippen molar-refractivity contribution in [2.24, 2.45) is 0 Å². The van der Waals surface area contributed by atoms with Crippen molar-refractivity contribution in [1.29, 1.82) is 0 Å². The van der Waals surface area contributed by atoms with E-state index in [1.807, 2.05) is 0 Å². The number of carbonyl (C=O) groups excluding carboxylic acids is 2. The first-order valence-corrected chi connectivity index (χ1v) is 8.01. The van der Waals surface area contributed by atoms with Gasteiger partial charge in [-0.1, -0.05) is 24.3 Å². The number of benzene rings is 2. The van der Waals surface area contributed by atoms with Crippen LogP contribution in [-0.4, -0.2) is 39.6 Å². The number of hydrogen-bond acceptors (Lipinski definition) is 6. The second-order valence-corrected chi connectivity index (χ2v) is 6.33. The number of phenolic OH excluding ortho intramolecular Hbond substituents is 2. The van der Waals surface area contributed by atoms with Gasteiger partial charge in [-0.2, -0.15) is 0 Å². The zero-order valence-electron chi connectivity index (χ0n) is 13.4. The van der Waals surface area contributed by atoms with Crippen molar-refractivity contribution in [3.8, 4) is 11.5 Å². The van der Waals surface area contributed by atoms with Crippen molar-refractivity contribution in [3.63, 3.8) is 0 Å². The molecular weight excluding hydrogens is 324 g/mol. The van der Waals surface area contributed by atoms with E-state index < -0.39 is 23.8 Å². The lowest BCUT2D eigenvalue weighted by molar-refractivity contribution is -0.0440. The predicted molar refractivity (Wildman–Crippen MR) is 87.2 cm³/mol. The van der Waals surface area contributed by atoms with Crippen molar-refractivity contribution < 1.29 is 29.6 Å². The van der Waals surface area contributed by atoms with E-state index in [9.17, 15) is 24.9 Å². The van der Waals surface area contributed by atoms with Crippen molar-refractivity contribution in [2.75, 3.05) is 6.61 Å². The Labute approximate surface area is 143 Å². The van der Waals surface area contributed by atoms with E-state index in [1.54, 1.807) is 19.1 Å². The van der Waals surface area contributed by atoms with Crippen LogP contribution < -0.4 is 0 Å². The Morgan fingerprint density at radius 2 is 1.60 bits per heavy atom. The molecule has 0 aromatic heterocycles. The van der Waals surface area contributed by atoms with Crippen molar-refractivity contribution in [1.82, 2.24) is 0 Å². The molecule has 2 aliphatic rings. The molecule has 0 bridgehead atoms. The fraction of sp³-hybridized carbons (Fsp3) is 0.263. The summed E-state index contributed by atoms with van der Waals surface area (Å²) in [6.45, 7) is 1.41. The van der Waals surface area contributed by atoms with Crippen LogP contribution in [0.15, 0.2) is 24.3 Å². The van der Waals surface area contributed by atoms with Gasteiger partial charge in [0.05, 0.1) is 29.9 Å². The number of ether oxygens (including phenoxy) is 1. The van der Waals surface area contributed by atoms with E-state index >= 15 is 0 Å². The second kappa shape index (κ2) is 5.40. The van der Waals surface area contributed by atoms with Gasteiger partial charge in [-0.3, -0.25) is 9.59 Å². The molecule has 25 heavy (non-hydrogen) atoms. The first kappa shape index (κ1) is 15.8. The van der Waals surface area contributed by atoms with Crippen LogP contribution in [0.5, 0.6) is 11.5 Å². The lowest BCUT2D eigenvalue weighted by Gasteiger charge is -2.33. The van der Waals surface area contributed by atoms with Gasteiger partial charge in [0.1, 0.15) is 11.5 Å². The molecule has 0 radical (unpaired) electrons. The molecule has 4 rings (SSSR count). The van der Waals surface area contributed by atoms with Gasteiger partial charge >= 0.3 is 0 Å². The zero-order chi connectivity index (χ0) is 17.9. The average Bonchev–Trinajstić information content (AvgIpc) is 2.62. The molecule has 3 N–H and O–H groups in total. The highest BCUT2D eigenvalue weighted by Gasteiger charge is 2.40. The van der Waals surface area contributed by atoms with Crippen molar-refractivity contribution in [3.05, 3.63) is 57.6 Å². The molecule has 0 saturated heterocycles. The summed E-state index contributed by atoms with van der Waals surface area (Å²) < 4.78 is 5.60. The fourth-order valence-electron chi connectivity index (χ4n) is 3.77. The van der Waals surface area contributed by atoms with Gasteiger partial charge < -0.3 is 20.1 Å². The van der Waals surface area contributed by atoms with Crippen molar-refractivity contribution in [2.45, 2.75) is 25.6 Å². The lowest BCUT2D eigenvalue weighted by Crippen LogP contribution is -2.30. The maximum atomic E-state index is 12.8. The quantitative estimate of drug-likeness (QED) is 0.584. The normalized spacial score (nSPS) is 21.5. The third kappa shape index (κ3) is 2.04. The number of carbonyl (C=O) groups is 2. The summed E-state index contributed by atoms with van der Waals surface area (Å²) in [5.74, 6) is -1.65. The van der Waals surface area contributed by atoms with E-state index in [0.29, 0.717) is 11.1 Å². The van der Waals surface area contributed by atoms with E-state index in [4.69, 9.17) is 4.74 Å². The molecule has 0 spiro atoms. The summed E-state index contributed by atoms with van der Waals surface area (Å²) in [6.07, 6.45) is -1.03. The summed E-state index contributed by atoms with van der Waals surface area (Å²) in [7, 11) is 0. The lowest BCUT2D eigenvalue weighted by atomic mass is 9.78. The summed E-state index contributed by atoms with van der Waals surface area (Å²) >= 11 is 0. The fourth-order valence-corrected chi connectivity index (χ4v) is 3.77. The molecular formula is C19H16O6. The van der Waals surface area contributed by atoms with Crippen LogP contribution in [0.4, 0.5) is 0 Å². The Morgan fingerprint density at radius 3 is 2.16 bits per heavy atom. The van der Waals surface area contributed by atoms with Crippen LogP contribution in [0.3, 0.4) is 0 Å². The zero-order valence-corrected chi connectivity index (χ0v) is 13.4. The van der Waals surface area contributed by atoms with Gasteiger partial charge in [0.15, 0.2) is 11.6 Å². The highest BCUT2D eigenvalue weighted by Crippen LogP contribution is 2.48. The molecule has 2 aromatic rings. The second-order valence-electron chi connectivity index (χ2n) is 6.33. The monoisotopic (exact) mass is 340 g/mol. The average molecular weight is 340 g/mol. The molecule has 0 fully saturated rings. The number of fused-ring (bicyclic) bond motifs is 3. The number of ketones is 2. The smallest absolute Gasteiger partial charge is 0.198 e. The number of phenols is 2. The maximum Gasteiger partial charge on any atom is 0.198 e. The SMILES string of the molecule is C[C@H]1O[C@H](CO)Cc2c(O)c3c(c(O)c21)C(=O)c1ccccc1C3=O. The van der Waals surface area contributed by atoms with Gasteiger partial charge in [0.2, 0.25) is 0 Å². The molecule has 6 heteroatoms. The number of hydrogen-bond donors (Lipinski definition) is 3. The van der Waals surface area contributed by atoms with Gasteiger partial charge in [-0.25, -0.2) is 0 Å². The van der Waals surface area contributed by atoms with Crippen molar-refractivity contribution >= 4 is 11.6 Å². The number of aliphatic hydroxyl groups excluding tert-OH is 1. The Bertz CT molecular complexity index is 930. The maximum absolute atomic E-state index is 12.8. The molecule has 0 saturated carbocycles. The molecule has 128 valence electrons. The molecule has 2 atom stereocenters. The first-order chi connectivity index (χ1) is 12.0. The number of aromatic hydroxyl groups is 2. The van der Waals surface area contributed by atoms with Crippen LogP contribution in [0, 0.1) is 0 Å². The van der Waals surface area contributed by atoms with Crippen LogP contribution in [-0.2, 0) is 11.2 Å². The van der Waals surface area contributed by atoms with Crippen LogP contribution in [0.2, 0.25) is 0 Å². The minimum atomic E-state index is -0.628. The Hall–Kier alpha value is -2.70. The summed E-state index contributed by atoms with van der Waals surface area (Å²) in [5, 5.41) is 30.8. The standard InChI is InChI=1S/C19H16O6/c1-8-13-12(6-9(7-20)25-8)18(23)14-15(19(13)24)17(22)11-5-3-2-4-10(11)16(14)21/h2-5,8-9,20,23-24H,6-7H2,1H3/t8-,9+/m1/s1. The largest absolute Gasteiger partial charge is 0.507 e. The highest BCUT2D eigenvalue weighted by atomic mass is 16.5. The third-order valence-corrected chi connectivity index (χ3v) is 4.90. The van der Waals surface area contributed by atoms with Gasteiger partial charge in [-0.05, 0) is 6.92 Å².